The van der Waals surface area contributed by atoms with Gasteiger partial charge < -0.3 is 0 Å². The quantitative estimate of drug-likeness (QED) is 0.471. The maximum atomic E-state index is 4.21. The number of nitrogens with zero attached hydrogens (tertiary/aromatic N) is 4. The topological polar surface area (TPSA) is 43.6 Å². The van der Waals surface area contributed by atoms with Crippen molar-refractivity contribution in [2.24, 2.45) is 0 Å². The fourth-order valence-electron chi connectivity index (χ4n) is 2.21. The monoisotopic (exact) mass is 272 g/mol. The number of thiol groups is 1. The van der Waals surface area contributed by atoms with E-state index in [4.69, 9.17) is 0 Å². The summed E-state index contributed by atoms with van der Waals surface area (Å²) in [5.74, 6) is 2.10. The van der Waals surface area contributed by atoms with Crippen LogP contribution in [0.15, 0.2) is 5.16 Å². The second-order valence-electron chi connectivity index (χ2n) is 4.48. The number of rotatable bonds is 7. The second kappa shape index (κ2) is 7.26. The molecule has 0 aromatic carbocycles. The first-order valence-corrected chi connectivity index (χ1v) is 8.05. The Hall–Kier alpha value is -0.230. The van der Waals surface area contributed by atoms with Gasteiger partial charge in [0.25, 0.3) is 0 Å². The lowest BCUT2D eigenvalue weighted by Crippen LogP contribution is -2.08. The van der Waals surface area contributed by atoms with Crippen molar-refractivity contribution < 1.29 is 0 Å². The van der Waals surface area contributed by atoms with Crippen molar-refractivity contribution in [2.75, 3.05) is 11.5 Å². The summed E-state index contributed by atoms with van der Waals surface area (Å²) >= 11 is 6.01. The molecule has 2 rings (SSSR count). The molecule has 6 heteroatoms. The maximum absolute atomic E-state index is 4.21. The molecule has 0 atom stereocenters. The number of tetrazole rings is 1. The van der Waals surface area contributed by atoms with Crippen molar-refractivity contribution in [3.05, 3.63) is 0 Å². The largest absolute Gasteiger partial charge is 0.217 e. The highest BCUT2D eigenvalue weighted by molar-refractivity contribution is 7.99. The summed E-state index contributed by atoms with van der Waals surface area (Å²) < 4.78 is 2.04. The van der Waals surface area contributed by atoms with Gasteiger partial charge in [0.05, 0.1) is 6.04 Å². The molecule has 0 radical (unpaired) electrons. The molecule has 1 aromatic rings. The normalized spacial score (nSPS) is 16.8. The third kappa shape index (κ3) is 3.88. The summed E-state index contributed by atoms with van der Waals surface area (Å²) in [4.78, 5) is 0. The van der Waals surface area contributed by atoms with Crippen LogP contribution >= 0.6 is 24.4 Å². The standard InChI is InChI=1S/C11H20N4S2/c16-8-4-1-5-9-17-11-12-13-14-15(11)10-6-2-3-7-10/h10,16H,1-9H2. The highest BCUT2D eigenvalue weighted by atomic mass is 32.2. The predicted molar refractivity (Wildman–Crippen MR) is 73.8 cm³/mol. The fourth-order valence-corrected chi connectivity index (χ4v) is 3.38. The maximum Gasteiger partial charge on any atom is 0.209 e. The van der Waals surface area contributed by atoms with Crippen LogP contribution in [0.4, 0.5) is 0 Å². The van der Waals surface area contributed by atoms with Crippen molar-refractivity contribution in [1.29, 1.82) is 0 Å². The van der Waals surface area contributed by atoms with E-state index in [1.807, 2.05) is 4.68 Å². The highest BCUT2D eigenvalue weighted by Gasteiger charge is 2.21. The number of hydrogen-bond acceptors (Lipinski definition) is 5. The third-order valence-electron chi connectivity index (χ3n) is 3.17. The van der Waals surface area contributed by atoms with Crippen molar-refractivity contribution in [1.82, 2.24) is 20.2 Å². The van der Waals surface area contributed by atoms with E-state index in [1.165, 1.54) is 44.9 Å². The molecule has 0 aliphatic heterocycles. The molecule has 1 aliphatic rings. The van der Waals surface area contributed by atoms with Gasteiger partial charge in [-0.15, -0.1) is 5.10 Å². The highest BCUT2D eigenvalue weighted by Crippen LogP contribution is 2.31. The van der Waals surface area contributed by atoms with Crippen LogP contribution in [-0.2, 0) is 0 Å². The van der Waals surface area contributed by atoms with Crippen LogP contribution < -0.4 is 0 Å². The second-order valence-corrected chi connectivity index (χ2v) is 5.99. The van der Waals surface area contributed by atoms with Crippen LogP contribution in [0.5, 0.6) is 0 Å². The summed E-state index contributed by atoms with van der Waals surface area (Å²) in [6.45, 7) is 0. The molecule has 0 amide bonds. The van der Waals surface area contributed by atoms with Crippen LogP contribution in [0.1, 0.15) is 51.0 Å². The van der Waals surface area contributed by atoms with E-state index in [-0.39, 0.29) is 0 Å². The van der Waals surface area contributed by atoms with Crippen LogP contribution in [0.25, 0.3) is 0 Å². The van der Waals surface area contributed by atoms with Gasteiger partial charge in [-0.05, 0) is 41.9 Å². The van der Waals surface area contributed by atoms with E-state index in [0.717, 1.165) is 16.7 Å². The zero-order chi connectivity index (χ0) is 11.9. The summed E-state index contributed by atoms with van der Waals surface area (Å²) in [5.41, 5.74) is 0. The molecular weight excluding hydrogens is 252 g/mol. The molecular formula is C11H20N4S2. The van der Waals surface area contributed by atoms with Crippen molar-refractivity contribution in [3.63, 3.8) is 0 Å². The average Bonchev–Trinajstić information content (AvgIpc) is 2.98. The molecule has 96 valence electrons. The van der Waals surface area contributed by atoms with Gasteiger partial charge in [-0.25, -0.2) is 4.68 Å². The van der Waals surface area contributed by atoms with E-state index >= 15 is 0 Å². The zero-order valence-corrected chi connectivity index (χ0v) is 11.8. The molecule has 1 aromatic heterocycles. The predicted octanol–water partition coefficient (Wildman–Crippen LogP) is 2.98. The SMILES string of the molecule is SCCCCCSc1nnnn1C1CCCC1. The Morgan fingerprint density at radius 2 is 2.06 bits per heavy atom. The average molecular weight is 272 g/mol. The lowest BCUT2D eigenvalue weighted by atomic mass is 10.3. The fraction of sp³-hybridized carbons (Fsp3) is 0.909. The third-order valence-corrected chi connectivity index (χ3v) is 4.50. The lowest BCUT2D eigenvalue weighted by molar-refractivity contribution is 0.423. The molecule has 0 unspecified atom stereocenters. The molecule has 1 heterocycles. The van der Waals surface area contributed by atoms with Crippen molar-refractivity contribution in [2.45, 2.75) is 56.1 Å². The van der Waals surface area contributed by atoms with E-state index in [0.29, 0.717) is 6.04 Å². The van der Waals surface area contributed by atoms with E-state index < -0.39 is 0 Å². The van der Waals surface area contributed by atoms with Crippen LogP contribution in [0.3, 0.4) is 0 Å². The Morgan fingerprint density at radius 1 is 1.24 bits per heavy atom. The zero-order valence-electron chi connectivity index (χ0n) is 10.1. The molecule has 1 fully saturated rings. The number of unbranched alkanes of at least 4 members (excludes halogenated alkanes) is 2. The number of hydrogen-bond donors (Lipinski definition) is 1. The summed E-state index contributed by atoms with van der Waals surface area (Å²) in [5, 5.41) is 13.1. The lowest BCUT2D eigenvalue weighted by Gasteiger charge is -2.10. The van der Waals surface area contributed by atoms with Crippen LogP contribution in [0, 0.1) is 0 Å². The molecule has 1 saturated carbocycles. The molecule has 0 bridgehead atoms. The van der Waals surface area contributed by atoms with E-state index in [1.54, 1.807) is 11.8 Å². The Labute approximate surface area is 112 Å². The van der Waals surface area contributed by atoms with Gasteiger partial charge in [0.15, 0.2) is 0 Å². The molecule has 0 saturated heterocycles. The van der Waals surface area contributed by atoms with Gasteiger partial charge >= 0.3 is 0 Å². The molecule has 4 nitrogen and oxygen atoms in total. The minimum Gasteiger partial charge on any atom is -0.217 e. The minimum atomic E-state index is 0.546. The summed E-state index contributed by atoms with van der Waals surface area (Å²) in [6.07, 6.45) is 8.78. The van der Waals surface area contributed by atoms with Gasteiger partial charge in [0.1, 0.15) is 0 Å². The van der Waals surface area contributed by atoms with E-state index in [9.17, 15) is 0 Å². The Kier molecular flexibility index (Phi) is 5.64. The summed E-state index contributed by atoms with van der Waals surface area (Å²) in [6, 6.07) is 0.546. The van der Waals surface area contributed by atoms with Gasteiger partial charge in [0.2, 0.25) is 5.16 Å². The number of thioether (sulfide) groups is 1. The van der Waals surface area contributed by atoms with Gasteiger partial charge in [-0.1, -0.05) is 31.0 Å². The van der Waals surface area contributed by atoms with Gasteiger partial charge in [-0.3, -0.25) is 0 Å². The van der Waals surface area contributed by atoms with Crippen LogP contribution in [-0.4, -0.2) is 31.7 Å². The first-order chi connectivity index (χ1) is 8.42. The number of aromatic nitrogens is 4. The van der Waals surface area contributed by atoms with Crippen molar-refractivity contribution in [3.8, 4) is 0 Å². The Balaban J connectivity index is 1.78. The van der Waals surface area contributed by atoms with Gasteiger partial charge in [0, 0.05) is 5.75 Å². The Morgan fingerprint density at radius 3 is 2.82 bits per heavy atom. The molecule has 0 spiro atoms. The van der Waals surface area contributed by atoms with Crippen LogP contribution in [0.2, 0.25) is 0 Å². The first-order valence-electron chi connectivity index (χ1n) is 6.43. The molecule has 1 aliphatic carbocycles. The Bertz CT molecular complexity index is 323. The molecule has 0 N–H and O–H groups in total. The first kappa shape index (κ1) is 13.2. The summed E-state index contributed by atoms with van der Waals surface area (Å²) in [7, 11) is 0. The molecule has 17 heavy (non-hydrogen) atoms. The smallest absolute Gasteiger partial charge is 0.209 e. The van der Waals surface area contributed by atoms with E-state index in [2.05, 4.69) is 28.2 Å². The minimum absolute atomic E-state index is 0.546. The van der Waals surface area contributed by atoms with Gasteiger partial charge in [-0.2, -0.15) is 12.6 Å². The van der Waals surface area contributed by atoms with Crippen molar-refractivity contribution >= 4 is 24.4 Å².